The molecule has 234 valence electrons. The first-order chi connectivity index (χ1) is 22.6. The normalized spacial score (nSPS) is 14.9. The van der Waals surface area contributed by atoms with E-state index >= 15 is 0 Å². The highest BCUT2D eigenvalue weighted by Crippen LogP contribution is 2.57. The molecule has 0 unspecified atom stereocenters. The Hall–Kier alpha value is -5.36. The number of benzene rings is 3. The number of hydrogen-bond acceptors (Lipinski definition) is 5. The van der Waals surface area contributed by atoms with Crippen molar-refractivity contribution in [2.75, 3.05) is 18.6 Å². The number of aryl methyl sites for hydroxylation is 2. The van der Waals surface area contributed by atoms with Gasteiger partial charge in [-0.1, -0.05) is 81.4 Å². The van der Waals surface area contributed by atoms with Crippen LogP contribution in [0.5, 0.6) is 11.6 Å². The summed E-state index contributed by atoms with van der Waals surface area (Å²) in [4.78, 5) is 14.1. The van der Waals surface area contributed by atoms with E-state index in [1.54, 1.807) is 0 Å². The average Bonchev–Trinajstić information content (AvgIpc) is 3.73. The molecule has 3 aromatic carbocycles. The van der Waals surface area contributed by atoms with Gasteiger partial charge in [-0.2, -0.15) is 0 Å². The average molecular weight is 618 g/mol. The molecule has 6 nitrogen and oxygen atoms in total. The smallest absolute Gasteiger partial charge is 0.219 e. The van der Waals surface area contributed by atoms with E-state index < -0.39 is 5.41 Å². The molecular weight excluding hydrogens is 578 g/mol. The van der Waals surface area contributed by atoms with Gasteiger partial charge in [0.1, 0.15) is 0 Å². The van der Waals surface area contributed by atoms with Crippen LogP contribution in [-0.2, 0) is 10.8 Å². The molecule has 1 aliphatic heterocycles. The maximum atomic E-state index is 6.75. The zero-order valence-electron chi connectivity index (χ0n) is 27.8. The van der Waals surface area contributed by atoms with Gasteiger partial charge in [-0.3, -0.25) is 0 Å². The van der Waals surface area contributed by atoms with Crippen molar-refractivity contribution in [1.82, 2.24) is 19.3 Å². The van der Waals surface area contributed by atoms with Crippen LogP contribution in [0.2, 0.25) is 0 Å². The van der Waals surface area contributed by atoms with E-state index in [1.165, 1.54) is 33.4 Å². The molecule has 6 aromatic rings. The zero-order chi connectivity index (χ0) is 32.5. The summed E-state index contributed by atoms with van der Waals surface area (Å²) in [6, 6.07) is 33.0. The van der Waals surface area contributed by atoms with E-state index in [9.17, 15) is 0 Å². The van der Waals surface area contributed by atoms with Gasteiger partial charge in [0.25, 0.3) is 0 Å². The molecule has 0 atom stereocenters. The van der Waals surface area contributed by atoms with Crippen molar-refractivity contribution in [3.63, 3.8) is 0 Å². The van der Waals surface area contributed by atoms with Crippen LogP contribution < -0.4 is 9.64 Å². The Balaban J connectivity index is 1.42. The molecule has 0 saturated carbocycles. The molecular formula is C41H39N5O. The number of hydrogen-bond donors (Lipinski definition) is 0. The van der Waals surface area contributed by atoms with Crippen LogP contribution in [0.3, 0.4) is 0 Å². The molecule has 1 aliphatic carbocycles. The van der Waals surface area contributed by atoms with Gasteiger partial charge in [0.05, 0.1) is 17.8 Å². The fourth-order valence-corrected chi connectivity index (χ4v) is 7.30. The summed E-state index contributed by atoms with van der Waals surface area (Å²) in [5.74, 6) is 1.24. The second kappa shape index (κ2) is 10.6. The Bertz CT molecular complexity index is 2160. The fraction of sp³-hybridized carbons (Fsp3) is 0.220. The monoisotopic (exact) mass is 617 g/mol. The highest BCUT2D eigenvalue weighted by atomic mass is 16.5. The minimum Gasteiger partial charge on any atom is -0.435 e. The van der Waals surface area contributed by atoms with Gasteiger partial charge in [0.2, 0.25) is 5.88 Å². The van der Waals surface area contributed by atoms with Gasteiger partial charge < -0.3 is 18.9 Å². The Morgan fingerprint density at radius 2 is 1.51 bits per heavy atom. The summed E-state index contributed by atoms with van der Waals surface area (Å²) < 4.78 is 8.95. The fourth-order valence-electron chi connectivity index (χ4n) is 7.30. The van der Waals surface area contributed by atoms with Crippen LogP contribution in [-0.4, -0.2) is 33.0 Å². The standard InChI is InChI=1S/C41H39N5O/c1-27-28(2)46-25-31(23-37(39(46)43-27)47-38-24-29(18-19-42-38)40(3,4)5)41(30-12-11-13-32(22-30)45-21-20-44(6)26-45)35-16-9-7-14-33(35)34-15-8-10-17-36(34)41/h7-25H,26H2,1-6H3. The molecule has 3 aromatic heterocycles. The van der Waals surface area contributed by atoms with E-state index in [2.05, 4.69) is 164 Å². The first-order valence-corrected chi connectivity index (χ1v) is 16.2. The van der Waals surface area contributed by atoms with Gasteiger partial charge in [0, 0.05) is 49.3 Å². The predicted molar refractivity (Wildman–Crippen MR) is 189 cm³/mol. The van der Waals surface area contributed by atoms with Crippen molar-refractivity contribution in [3.05, 3.63) is 155 Å². The van der Waals surface area contributed by atoms with Crippen LogP contribution in [0.4, 0.5) is 5.69 Å². The molecule has 0 bridgehead atoms. The van der Waals surface area contributed by atoms with Crippen molar-refractivity contribution in [2.24, 2.45) is 0 Å². The first-order valence-electron chi connectivity index (χ1n) is 16.2. The largest absolute Gasteiger partial charge is 0.435 e. The van der Waals surface area contributed by atoms with Crippen molar-refractivity contribution in [2.45, 2.75) is 45.4 Å². The van der Waals surface area contributed by atoms with Crippen molar-refractivity contribution in [3.8, 4) is 22.8 Å². The van der Waals surface area contributed by atoms with Crippen LogP contribution in [0.15, 0.2) is 116 Å². The van der Waals surface area contributed by atoms with Gasteiger partial charge >= 0.3 is 0 Å². The molecule has 0 radical (unpaired) electrons. The highest BCUT2D eigenvalue weighted by molar-refractivity contribution is 5.87. The lowest BCUT2D eigenvalue weighted by Gasteiger charge is -2.35. The van der Waals surface area contributed by atoms with Crippen LogP contribution in [0, 0.1) is 13.8 Å². The lowest BCUT2D eigenvalue weighted by atomic mass is 9.68. The number of rotatable bonds is 5. The molecule has 47 heavy (non-hydrogen) atoms. The maximum absolute atomic E-state index is 6.75. The number of anilines is 1. The maximum Gasteiger partial charge on any atom is 0.219 e. The highest BCUT2D eigenvalue weighted by Gasteiger charge is 2.47. The second-order valence-electron chi connectivity index (χ2n) is 13.9. The topological polar surface area (TPSA) is 45.9 Å². The van der Waals surface area contributed by atoms with E-state index in [0.29, 0.717) is 11.6 Å². The molecule has 0 N–H and O–H groups in total. The number of aromatic nitrogens is 3. The van der Waals surface area contributed by atoms with Gasteiger partial charge in [-0.05, 0) is 82.5 Å². The zero-order valence-corrected chi connectivity index (χ0v) is 27.8. The number of nitrogens with zero attached hydrogens (tertiary/aromatic N) is 5. The van der Waals surface area contributed by atoms with E-state index in [-0.39, 0.29) is 5.41 Å². The van der Waals surface area contributed by atoms with Gasteiger partial charge in [-0.25, -0.2) is 9.97 Å². The van der Waals surface area contributed by atoms with Gasteiger partial charge in [-0.15, -0.1) is 0 Å². The number of imidazole rings is 1. The second-order valence-corrected chi connectivity index (χ2v) is 13.9. The van der Waals surface area contributed by atoms with Crippen LogP contribution in [0.1, 0.15) is 60.0 Å². The molecule has 8 rings (SSSR count). The van der Waals surface area contributed by atoms with Crippen LogP contribution in [0.25, 0.3) is 16.8 Å². The molecule has 0 amide bonds. The summed E-state index contributed by atoms with van der Waals surface area (Å²) in [7, 11) is 2.10. The van der Waals surface area contributed by atoms with E-state index in [4.69, 9.17) is 9.72 Å². The van der Waals surface area contributed by atoms with Crippen molar-refractivity contribution >= 4 is 11.3 Å². The summed E-state index contributed by atoms with van der Waals surface area (Å²) in [5.41, 5.74) is 11.8. The van der Waals surface area contributed by atoms with Gasteiger partial charge in [0.15, 0.2) is 11.4 Å². The Labute approximate surface area is 276 Å². The van der Waals surface area contributed by atoms with Crippen molar-refractivity contribution < 1.29 is 4.74 Å². The molecule has 0 spiro atoms. The summed E-state index contributed by atoms with van der Waals surface area (Å²) >= 11 is 0. The predicted octanol–water partition coefficient (Wildman–Crippen LogP) is 8.98. The lowest BCUT2D eigenvalue weighted by molar-refractivity contribution is 0.459. The third kappa shape index (κ3) is 4.54. The van der Waals surface area contributed by atoms with Crippen LogP contribution >= 0.6 is 0 Å². The minimum absolute atomic E-state index is 0.0373. The summed E-state index contributed by atoms with van der Waals surface area (Å²) in [6.45, 7) is 11.6. The van der Waals surface area contributed by atoms with E-state index in [0.717, 1.165) is 35.0 Å². The molecule has 0 fully saturated rings. The Morgan fingerprint density at radius 3 is 2.19 bits per heavy atom. The van der Waals surface area contributed by atoms with Crippen molar-refractivity contribution in [1.29, 1.82) is 0 Å². The number of pyridine rings is 2. The SMILES string of the molecule is Cc1nc2c(Oc3cc(C(C)(C)C)ccn3)cc(C3(c4cccc(N5C=CN(C)C5)c4)c4ccccc4-c4ccccc43)cn2c1C. The third-order valence-corrected chi connectivity index (χ3v) is 9.85. The summed E-state index contributed by atoms with van der Waals surface area (Å²) in [5, 5.41) is 0. The lowest BCUT2D eigenvalue weighted by Crippen LogP contribution is -2.30. The summed E-state index contributed by atoms with van der Waals surface area (Å²) in [6.07, 6.45) is 8.37. The number of ether oxygens (including phenoxy) is 1. The third-order valence-electron chi connectivity index (χ3n) is 9.85. The Kier molecular flexibility index (Phi) is 6.55. The first kappa shape index (κ1) is 29.1. The molecule has 2 aliphatic rings. The molecule has 4 heterocycles. The van der Waals surface area contributed by atoms with E-state index in [1.807, 2.05) is 12.3 Å². The Morgan fingerprint density at radius 1 is 0.787 bits per heavy atom. The molecule has 0 saturated heterocycles. The quantitative estimate of drug-likeness (QED) is 0.193. The number of fused-ring (bicyclic) bond motifs is 4. The molecule has 6 heteroatoms. The minimum atomic E-state index is -0.615.